The summed E-state index contributed by atoms with van der Waals surface area (Å²) in [6.45, 7) is 0. The number of fused-ring (bicyclic) bond motifs is 8. The highest BCUT2D eigenvalue weighted by atomic mass is 14.5. The van der Waals surface area contributed by atoms with Crippen molar-refractivity contribution in [1.82, 2.24) is 0 Å². The molecule has 0 aromatic heterocycles. The fourth-order valence-electron chi connectivity index (χ4n) is 5.34. The van der Waals surface area contributed by atoms with Gasteiger partial charge in [-0.3, -0.25) is 0 Å². The van der Waals surface area contributed by atoms with Crippen molar-refractivity contribution >= 4 is 76.0 Å². The molecule has 0 bridgehead atoms. The SMILES string of the molecule is Nc1ccc2c(c1)c1cccc3c1c2c1cccc2c4cc(N)ccc4c3c21. The van der Waals surface area contributed by atoms with Gasteiger partial charge < -0.3 is 11.5 Å². The molecule has 0 fully saturated rings. The number of nitrogens with two attached hydrogens (primary N) is 2. The number of nitrogen functional groups attached to an aromatic ring is 2. The molecule has 0 radical (unpaired) electrons. The van der Waals surface area contributed by atoms with E-state index in [2.05, 4.69) is 60.7 Å². The Morgan fingerprint density at radius 2 is 0.714 bits per heavy atom. The summed E-state index contributed by atoms with van der Waals surface area (Å²) in [5.74, 6) is 0. The van der Waals surface area contributed by atoms with E-state index in [0.29, 0.717) is 0 Å². The predicted octanol–water partition coefficient (Wildman–Crippen LogP) is 6.65. The molecule has 0 aliphatic carbocycles. The van der Waals surface area contributed by atoms with E-state index in [-0.39, 0.29) is 0 Å². The van der Waals surface area contributed by atoms with Gasteiger partial charge in [0, 0.05) is 11.4 Å². The maximum Gasteiger partial charge on any atom is 0.0320 e. The Bertz CT molecular complexity index is 1600. The van der Waals surface area contributed by atoms with Crippen molar-refractivity contribution in [3.05, 3.63) is 72.8 Å². The van der Waals surface area contributed by atoms with Crippen LogP contribution in [0.5, 0.6) is 0 Å². The van der Waals surface area contributed by atoms with Gasteiger partial charge in [0.15, 0.2) is 0 Å². The first-order valence-corrected chi connectivity index (χ1v) is 9.54. The predicted molar refractivity (Wildman–Crippen MR) is 123 cm³/mol. The summed E-state index contributed by atoms with van der Waals surface area (Å²) < 4.78 is 0. The van der Waals surface area contributed by atoms with Gasteiger partial charge in [-0.25, -0.2) is 0 Å². The van der Waals surface area contributed by atoms with Crippen LogP contribution in [0.4, 0.5) is 11.4 Å². The van der Waals surface area contributed by atoms with Crippen LogP contribution in [0.1, 0.15) is 0 Å². The molecule has 0 amide bonds. The van der Waals surface area contributed by atoms with Crippen molar-refractivity contribution in [2.75, 3.05) is 11.5 Å². The summed E-state index contributed by atoms with van der Waals surface area (Å²) in [5.41, 5.74) is 13.9. The lowest BCUT2D eigenvalue weighted by molar-refractivity contribution is 1.79. The van der Waals surface area contributed by atoms with Crippen LogP contribution in [0.3, 0.4) is 0 Å². The summed E-state index contributed by atoms with van der Waals surface area (Å²) in [7, 11) is 0. The Morgan fingerprint density at radius 3 is 1.14 bits per heavy atom. The molecular weight excluding hydrogens is 340 g/mol. The van der Waals surface area contributed by atoms with E-state index in [1.54, 1.807) is 0 Å². The molecule has 0 aliphatic heterocycles. The van der Waals surface area contributed by atoms with E-state index in [4.69, 9.17) is 11.5 Å². The van der Waals surface area contributed by atoms with Crippen molar-refractivity contribution < 1.29 is 0 Å². The largest absolute Gasteiger partial charge is 0.399 e. The van der Waals surface area contributed by atoms with Gasteiger partial charge in [-0.1, -0.05) is 48.5 Å². The lowest BCUT2D eigenvalue weighted by Crippen LogP contribution is -1.81. The van der Waals surface area contributed by atoms with Crippen LogP contribution in [0.25, 0.3) is 64.6 Å². The molecule has 7 aromatic carbocycles. The summed E-state index contributed by atoms with van der Waals surface area (Å²) >= 11 is 0. The van der Waals surface area contributed by atoms with Crippen molar-refractivity contribution in [1.29, 1.82) is 0 Å². The summed E-state index contributed by atoms with van der Waals surface area (Å²) in [5, 5.41) is 15.6. The molecule has 7 rings (SSSR count). The number of benzene rings is 5. The van der Waals surface area contributed by atoms with Gasteiger partial charge in [0.25, 0.3) is 0 Å². The molecule has 0 heterocycles. The van der Waals surface area contributed by atoms with E-state index < -0.39 is 0 Å². The third-order valence-corrected chi connectivity index (χ3v) is 6.37. The molecule has 0 saturated carbocycles. The van der Waals surface area contributed by atoms with Crippen LogP contribution in [0.15, 0.2) is 72.8 Å². The average Bonchev–Trinajstić information content (AvgIpc) is 3.21. The van der Waals surface area contributed by atoms with Gasteiger partial charge in [-0.15, -0.1) is 0 Å². The average molecular weight is 356 g/mol. The fourth-order valence-corrected chi connectivity index (χ4v) is 5.34. The van der Waals surface area contributed by atoms with E-state index >= 15 is 0 Å². The lowest BCUT2D eigenvalue weighted by Gasteiger charge is -2.07. The van der Waals surface area contributed by atoms with Crippen molar-refractivity contribution in [2.24, 2.45) is 0 Å². The number of hydrogen-bond donors (Lipinski definition) is 2. The number of rotatable bonds is 0. The molecule has 0 spiro atoms. The Labute approximate surface area is 160 Å². The van der Waals surface area contributed by atoms with E-state index in [0.717, 1.165) is 11.4 Å². The first-order valence-electron chi connectivity index (χ1n) is 9.54. The Kier molecular flexibility index (Phi) is 2.32. The third kappa shape index (κ3) is 1.48. The highest BCUT2D eigenvalue weighted by Gasteiger charge is 2.21. The second kappa shape index (κ2) is 4.55. The lowest BCUT2D eigenvalue weighted by atomic mass is 9.95. The van der Waals surface area contributed by atoms with Gasteiger partial charge in [0.1, 0.15) is 0 Å². The van der Waals surface area contributed by atoms with Gasteiger partial charge in [-0.05, 0) is 88.9 Å². The van der Waals surface area contributed by atoms with E-state index in [9.17, 15) is 0 Å². The molecule has 2 heteroatoms. The van der Waals surface area contributed by atoms with Gasteiger partial charge in [0.05, 0.1) is 0 Å². The molecule has 0 atom stereocenters. The number of anilines is 2. The van der Waals surface area contributed by atoms with Crippen LogP contribution >= 0.6 is 0 Å². The first kappa shape index (κ1) is 14.3. The van der Waals surface area contributed by atoms with E-state index in [1.807, 2.05) is 12.1 Å². The van der Waals surface area contributed by atoms with Crippen molar-refractivity contribution in [3.63, 3.8) is 0 Å². The highest BCUT2D eigenvalue weighted by molar-refractivity contribution is 6.47. The first-order chi connectivity index (χ1) is 13.7. The van der Waals surface area contributed by atoms with Crippen molar-refractivity contribution in [2.45, 2.75) is 0 Å². The maximum absolute atomic E-state index is 6.14. The Morgan fingerprint density at radius 1 is 0.357 bits per heavy atom. The van der Waals surface area contributed by atoms with Crippen LogP contribution in [0, 0.1) is 0 Å². The standard InChI is InChI=1S/C26H16N2/c27-13-7-9-17-21(11-13)15-3-1-5-19-23(15)26(17)20-6-2-4-16-22-12-14(28)8-10-18(22)25(19)24(16)20/h1-12H,27-28H2. The normalized spacial score (nSPS) is 12.6. The van der Waals surface area contributed by atoms with Crippen LogP contribution in [-0.4, -0.2) is 0 Å². The monoisotopic (exact) mass is 356 g/mol. The molecule has 4 N–H and O–H groups in total. The summed E-state index contributed by atoms with van der Waals surface area (Å²) in [6, 6.07) is 25.9. The number of hydrogen-bond acceptors (Lipinski definition) is 2. The third-order valence-electron chi connectivity index (χ3n) is 6.37. The van der Waals surface area contributed by atoms with Gasteiger partial charge in [0.2, 0.25) is 0 Å². The zero-order valence-electron chi connectivity index (χ0n) is 15.1. The molecule has 130 valence electrons. The zero-order valence-corrected chi connectivity index (χ0v) is 15.1. The van der Waals surface area contributed by atoms with Gasteiger partial charge >= 0.3 is 0 Å². The quantitative estimate of drug-likeness (QED) is 0.236. The zero-order chi connectivity index (χ0) is 18.6. The second-order valence-corrected chi connectivity index (χ2v) is 7.82. The molecule has 7 aromatic rings. The highest BCUT2D eigenvalue weighted by Crippen LogP contribution is 2.50. The Hall–Kier alpha value is -3.78. The van der Waals surface area contributed by atoms with Gasteiger partial charge in [-0.2, -0.15) is 0 Å². The van der Waals surface area contributed by atoms with Crippen LogP contribution in [-0.2, 0) is 0 Å². The van der Waals surface area contributed by atoms with Crippen LogP contribution in [0.2, 0.25) is 0 Å². The smallest absolute Gasteiger partial charge is 0.0320 e. The molecule has 28 heavy (non-hydrogen) atoms. The topological polar surface area (TPSA) is 52.0 Å². The van der Waals surface area contributed by atoms with Crippen molar-refractivity contribution in [3.8, 4) is 0 Å². The minimum Gasteiger partial charge on any atom is -0.399 e. The molecule has 0 saturated heterocycles. The minimum atomic E-state index is 0.807. The second-order valence-electron chi connectivity index (χ2n) is 7.82. The fraction of sp³-hybridized carbons (Fsp3) is 0. The van der Waals surface area contributed by atoms with Crippen LogP contribution < -0.4 is 11.5 Å². The van der Waals surface area contributed by atoms with E-state index in [1.165, 1.54) is 64.6 Å². The molecule has 0 unspecified atom stereocenters. The molecule has 0 aliphatic rings. The summed E-state index contributed by atoms with van der Waals surface area (Å²) in [4.78, 5) is 0. The minimum absolute atomic E-state index is 0.807. The summed E-state index contributed by atoms with van der Waals surface area (Å²) in [6.07, 6.45) is 0. The maximum atomic E-state index is 6.14. The molecule has 2 nitrogen and oxygen atoms in total. The molecular formula is C26H16N2. The Balaban J connectivity index is 1.95.